The maximum absolute atomic E-state index is 11.5. The van der Waals surface area contributed by atoms with E-state index in [1.165, 1.54) is 19.6 Å². The third-order valence-corrected chi connectivity index (χ3v) is 17.4. The van der Waals surface area contributed by atoms with Crippen molar-refractivity contribution < 1.29 is 119 Å². The van der Waals surface area contributed by atoms with Crippen molar-refractivity contribution in [2.24, 2.45) is 63.7 Å². The fourth-order valence-corrected chi connectivity index (χ4v) is 12.8. The molecule has 4 saturated carbocycles. The minimum Gasteiger partial charge on any atom is -0.481 e. The fourth-order valence-electron chi connectivity index (χ4n) is 12.8. The number of hydrogen-bond acceptors (Lipinski definition) is 22. The van der Waals surface area contributed by atoms with Crippen molar-refractivity contribution in [2.45, 2.75) is 219 Å². The first-order valence-electron chi connectivity index (χ1n) is 28.2. The summed E-state index contributed by atoms with van der Waals surface area (Å²) in [7, 11) is 0.0694. The van der Waals surface area contributed by atoms with Crippen molar-refractivity contribution in [3.63, 3.8) is 0 Å². The van der Waals surface area contributed by atoms with E-state index in [1.807, 2.05) is 19.8 Å². The minimum absolute atomic E-state index is 0. The van der Waals surface area contributed by atoms with E-state index in [0.29, 0.717) is 49.2 Å². The number of carboxylic acid groups (broad SMARTS) is 1. The van der Waals surface area contributed by atoms with Crippen LogP contribution in [0.1, 0.15) is 133 Å². The van der Waals surface area contributed by atoms with Crippen LogP contribution in [-0.2, 0) is 23.7 Å². The van der Waals surface area contributed by atoms with Crippen LogP contribution in [0.5, 0.6) is 0 Å². The van der Waals surface area contributed by atoms with Crippen LogP contribution in [0.2, 0.25) is 0 Å². The Morgan fingerprint density at radius 3 is 1.90 bits per heavy atom. The van der Waals surface area contributed by atoms with Gasteiger partial charge >= 0.3 is 41.0 Å². The molecule has 4 aliphatic carbocycles. The van der Waals surface area contributed by atoms with E-state index < -0.39 is 92.1 Å². The summed E-state index contributed by atoms with van der Waals surface area (Å²) in [6, 6.07) is 0. The molecule has 466 valence electrons. The SMILES string of the molecule is CC(C)COC(=O)Cl.CCCNC(N)CCN.CCN(CC)CC.C[C@H](CCC(=O)O)[C@H]1CCC2C3C(C[C@H](O)[C@@]21C)[C@@]1(C)CC[C@@H](O)C[C@H]1C[C@H]3O.OC[C@H]1O[C@@H](O[C@H]2[C@H](O)[C@@H](O)[C@@H](O)O[C@@H]2CO)[C@H](O)[C@@H](O)[C@H]1O.[BH3-]C#N.[Na+]. The molecule has 0 aromatic heterocycles. The van der Waals surface area contributed by atoms with Gasteiger partial charge in [-0.15, -0.1) is 0 Å². The molecule has 80 heavy (non-hydrogen) atoms. The minimum atomic E-state index is -1.74. The van der Waals surface area contributed by atoms with Crippen LogP contribution in [0.25, 0.3) is 0 Å². The normalized spacial score (nSPS) is 37.5. The second-order valence-corrected chi connectivity index (χ2v) is 23.0. The first-order valence-corrected chi connectivity index (χ1v) is 28.5. The van der Waals surface area contributed by atoms with Gasteiger partial charge in [-0.3, -0.25) is 10.1 Å². The number of carbonyl (C=O) groups is 2. The van der Waals surface area contributed by atoms with Gasteiger partial charge in [0.1, 0.15) is 48.8 Å². The Morgan fingerprint density at radius 1 is 0.838 bits per heavy atom. The fraction of sp³-hybridized carbons (Fsp3) is 0.944. The van der Waals surface area contributed by atoms with Crippen molar-refractivity contribution in [1.29, 1.82) is 5.26 Å². The molecule has 6 fully saturated rings. The first kappa shape index (κ1) is 79.1. The van der Waals surface area contributed by atoms with Gasteiger partial charge in [-0.2, -0.15) is 5.97 Å². The summed E-state index contributed by atoms with van der Waals surface area (Å²) in [5.74, 6) is 3.36. The van der Waals surface area contributed by atoms with Crippen LogP contribution >= 0.6 is 11.6 Å². The third-order valence-electron chi connectivity index (χ3n) is 17.3. The van der Waals surface area contributed by atoms with Gasteiger partial charge in [0, 0.05) is 18.0 Å². The van der Waals surface area contributed by atoms with Crippen molar-refractivity contribution in [2.75, 3.05) is 52.5 Å². The predicted molar refractivity (Wildman–Crippen MR) is 300 cm³/mol. The molecular formula is C54H106BClN5NaO18. The van der Waals surface area contributed by atoms with Crippen LogP contribution in [-0.4, -0.2) is 224 Å². The molecule has 0 amide bonds. The monoisotopic (exact) mass is 1180 g/mol. The topological polar surface area (TPSA) is 405 Å². The molecule has 0 aromatic rings. The average Bonchev–Trinajstić information content (AvgIpc) is 3.77. The third kappa shape index (κ3) is 23.1. The number of aliphatic carboxylic acids is 1. The van der Waals surface area contributed by atoms with Gasteiger partial charge in [-0.05, 0) is 149 Å². The number of carboxylic acids is 1. The van der Waals surface area contributed by atoms with Crippen molar-refractivity contribution in [1.82, 2.24) is 10.2 Å². The summed E-state index contributed by atoms with van der Waals surface area (Å²) in [6.45, 7) is 23.6. The van der Waals surface area contributed by atoms with E-state index in [4.69, 9.17) is 52.8 Å². The Morgan fingerprint density at radius 2 is 1.43 bits per heavy atom. The van der Waals surface area contributed by atoms with Crippen LogP contribution in [0.15, 0.2) is 0 Å². The van der Waals surface area contributed by atoms with E-state index in [2.05, 4.69) is 63.4 Å². The van der Waals surface area contributed by atoms with Gasteiger partial charge in [0.05, 0.1) is 52.1 Å². The molecule has 0 radical (unpaired) electrons. The number of fused-ring (bicyclic) bond motifs is 5. The molecule has 2 saturated heterocycles. The number of nitrogens with one attached hydrogen (secondary N) is 1. The number of nitriles is 1. The largest absolute Gasteiger partial charge is 1.00 e. The van der Waals surface area contributed by atoms with Gasteiger partial charge in [0.2, 0.25) is 0 Å². The number of rotatable bonds is 18. The van der Waals surface area contributed by atoms with Crippen molar-refractivity contribution in [3.8, 4) is 5.97 Å². The van der Waals surface area contributed by atoms with Gasteiger partial charge in [0.15, 0.2) is 12.6 Å². The molecule has 2 heterocycles. The Bertz CT molecular complexity index is 1730. The van der Waals surface area contributed by atoms with Crippen LogP contribution in [0, 0.1) is 63.5 Å². The zero-order valence-electron chi connectivity index (χ0n) is 48.8. The Labute approximate surface area is 504 Å². The van der Waals surface area contributed by atoms with E-state index in [9.17, 15) is 60.7 Å². The van der Waals surface area contributed by atoms with Crippen LogP contribution < -0.4 is 46.3 Å². The Kier molecular flexibility index (Phi) is 39.2. The van der Waals surface area contributed by atoms with Crippen molar-refractivity contribution >= 4 is 30.8 Å². The molecule has 22 atom stereocenters. The van der Waals surface area contributed by atoms with E-state index >= 15 is 0 Å². The number of aliphatic hydroxyl groups excluding tert-OH is 11. The average molecular weight is 1180 g/mol. The predicted octanol–water partition coefficient (Wildman–Crippen LogP) is -3.13. The summed E-state index contributed by atoms with van der Waals surface area (Å²) >= 11 is 4.86. The molecular weight excluding hydrogens is 1080 g/mol. The summed E-state index contributed by atoms with van der Waals surface area (Å²) in [5.41, 5.74) is 9.99. The molecule has 17 N–H and O–H groups in total. The number of carbonyl (C=O) groups excluding carboxylic acids is 1. The molecule has 0 spiro atoms. The van der Waals surface area contributed by atoms with Crippen LogP contribution in [0.4, 0.5) is 4.79 Å². The smallest absolute Gasteiger partial charge is 0.481 e. The maximum atomic E-state index is 11.5. The Balaban J connectivity index is 0.00000108. The van der Waals surface area contributed by atoms with Gasteiger partial charge in [-0.1, -0.05) is 62.3 Å². The van der Waals surface area contributed by atoms with E-state index in [0.717, 1.165) is 64.3 Å². The number of halogens is 1. The second kappa shape index (κ2) is 39.7. The quantitative estimate of drug-likeness (QED) is 0.0367. The second-order valence-electron chi connectivity index (χ2n) is 22.7. The number of ether oxygens (including phenoxy) is 4. The molecule has 26 heteroatoms. The van der Waals surface area contributed by atoms with Gasteiger partial charge in [-0.25, -0.2) is 4.79 Å². The van der Waals surface area contributed by atoms with E-state index in [-0.39, 0.29) is 84.9 Å². The molecule has 4 unspecified atom stereocenters. The molecule has 23 nitrogen and oxygen atoms in total. The van der Waals surface area contributed by atoms with Gasteiger partial charge in [0.25, 0.3) is 0 Å². The summed E-state index contributed by atoms with van der Waals surface area (Å²) in [6.07, 6.45) is -7.49. The van der Waals surface area contributed by atoms with Gasteiger partial charge < -0.3 is 102 Å². The van der Waals surface area contributed by atoms with E-state index in [1.54, 1.807) is 0 Å². The summed E-state index contributed by atoms with van der Waals surface area (Å²) in [5, 5.41) is 129. The maximum Gasteiger partial charge on any atom is 1.00 e. The number of nitrogens with two attached hydrogens (primary N) is 2. The summed E-state index contributed by atoms with van der Waals surface area (Å²) < 4.78 is 19.7. The molecule has 6 aliphatic rings. The van der Waals surface area contributed by atoms with Crippen LogP contribution in [0.3, 0.4) is 0 Å². The van der Waals surface area contributed by atoms with Crippen molar-refractivity contribution in [3.05, 3.63) is 0 Å². The molecule has 0 bridgehead atoms. The summed E-state index contributed by atoms with van der Waals surface area (Å²) in [4.78, 5) is 23.3. The zero-order chi connectivity index (χ0) is 60.5. The zero-order valence-corrected chi connectivity index (χ0v) is 51.6. The number of nitrogens with zero attached hydrogens (tertiary/aromatic N) is 2. The first-order chi connectivity index (χ1) is 37.1. The molecule has 0 aromatic carbocycles. The standard InChI is InChI=1S/C24H40O5.C12H22O11.C6H17N3.C6H15N.C5H9ClO2.CH3BN.Na/c1-13(4-7-21(28)29)16-5-6-17-22-18(12-20(27)24(16,17)3)23(2)9-8-15(25)10-14(23)11-19(22)26;13-1-3-5(15)6(16)9(19)12(22-3)23-10-4(2-14)21-11(20)8(18)7(10)17;1-2-5-9-6(8)3-4-7;1-4-7(5-2)6-3;1-4(2)3-8-5(6)7;2-1-3;/h13-20,22,25-27H,4-12H2,1-3H3,(H,28,29);3-20H,1-2H2;6,9H,2-5,7-8H2,1H3;4-6H2,1-3H3;4H,3H2,1-2H3;2H3;/q;;;;;-1;+1/t13-,14+,15-,16-,17?,18?,19-,20+,22?,23+,24-;3-,4-,5+,6+,7-,8-,9-,10-,11+,12+;;;;;/m11...../s1. The number of aliphatic hydroxyl groups is 11. The molecule has 2 aliphatic heterocycles. The Hall–Kier alpha value is -0.935. The molecule has 6 rings (SSSR count). The number of hydrogen-bond donors (Lipinski definition) is 15.